The predicted molar refractivity (Wildman–Crippen MR) is 65.4 cm³/mol. The molecule has 0 spiro atoms. The van der Waals surface area contributed by atoms with Gasteiger partial charge in [-0.15, -0.1) is 0 Å². The second-order valence-corrected chi connectivity index (χ2v) is 6.07. The molecule has 0 atom stereocenters. The van der Waals surface area contributed by atoms with E-state index in [4.69, 9.17) is 4.74 Å². The van der Waals surface area contributed by atoms with Crippen LogP contribution in [0.5, 0.6) is 0 Å². The summed E-state index contributed by atoms with van der Waals surface area (Å²) in [6, 6.07) is 0. The first kappa shape index (κ1) is 14.2. The number of aliphatic hydroxyl groups excluding tert-OH is 1. The monoisotopic (exact) mass is 262 g/mol. The lowest BCUT2D eigenvalue weighted by Crippen LogP contribution is -2.39. The van der Waals surface area contributed by atoms with E-state index in [9.17, 15) is 13.9 Å². The maximum Gasteiger partial charge on any atom is 0.358 e. The highest BCUT2D eigenvalue weighted by molar-refractivity contribution is 4.79. The Bertz CT molecular complexity index is 255. The molecular weight excluding hydrogens is 238 g/mol. The van der Waals surface area contributed by atoms with E-state index in [0.717, 1.165) is 25.7 Å². The molecule has 0 heterocycles. The van der Waals surface area contributed by atoms with E-state index in [2.05, 4.69) is 6.92 Å². The van der Waals surface area contributed by atoms with Crippen molar-refractivity contribution in [3.8, 4) is 0 Å². The summed E-state index contributed by atoms with van der Waals surface area (Å²) in [4.78, 5) is 0. The molecule has 0 unspecified atom stereocenters. The molecule has 0 aliphatic heterocycles. The van der Waals surface area contributed by atoms with Crippen LogP contribution in [-0.2, 0) is 4.74 Å². The standard InChI is InChI=1S/C14H24F2O2/c1-10-2-8-13(9-3-10)18-14(15,16)11-4-6-12(17)7-5-11/h10-13,17H,2-9H2,1H3. The van der Waals surface area contributed by atoms with Gasteiger partial charge in [0.15, 0.2) is 0 Å². The fourth-order valence-electron chi connectivity index (χ4n) is 3.08. The molecule has 2 rings (SSSR count). The summed E-state index contributed by atoms with van der Waals surface area (Å²) in [6.07, 6.45) is 1.51. The molecule has 0 aromatic rings. The molecule has 0 radical (unpaired) electrons. The number of hydrogen-bond acceptors (Lipinski definition) is 2. The van der Waals surface area contributed by atoms with Crippen molar-refractivity contribution in [3.63, 3.8) is 0 Å². The number of alkyl halides is 2. The Morgan fingerprint density at radius 3 is 2.06 bits per heavy atom. The van der Waals surface area contributed by atoms with Crippen molar-refractivity contribution >= 4 is 0 Å². The van der Waals surface area contributed by atoms with Crippen LogP contribution in [0.1, 0.15) is 58.3 Å². The first-order chi connectivity index (χ1) is 8.47. The minimum atomic E-state index is -3.01. The molecule has 1 N–H and O–H groups in total. The topological polar surface area (TPSA) is 29.5 Å². The third kappa shape index (κ3) is 3.64. The highest BCUT2D eigenvalue weighted by atomic mass is 19.3. The lowest BCUT2D eigenvalue weighted by molar-refractivity contribution is -0.302. The van der Waals surface area contributed by atoms with E-state index >= 15 is 0 Å². The summed E-state index contributed by atoms with van der Waals surface area (Å²) in [5.74, 6) is -0.0662. The average Bonchev–Trinajstić information content (AvgIpc) is 2.32. The van der Waals surface area contributed by atoms with Gasteiger partial charge in [0.25, 0.3) is 0 Å². The van der Waals surface area contributed by atoms with Gasteiger partial charge >= 0.3 is 6.11 Å². The zero-order valence-electron chi connectivity index (χ0n) is 11.1. The molecule has 2 aliphatic rings. The molecule has 2 saturated carbocycles. The van der Waals surface area contributed by atoms with Crippen molar-refractivity contribution in [1.29, 1.82) is 0 Å². The van der Waals surface area contributed by atoms with Crippen LogP contribution in [0.25, 0.3) is 0 Å². The van der Waals surface area contributed by atoms with Gasteiger partial charge in [-0.3, -0.25) is 0 Å². The van der Waals surface area contributed by atoms with E-state index in [1.807, 2.05) is 0 Å². The molecule has 0 amide bonds. The molecule has 0 saturated heterocycles. The molecule has 0 aromatic carbocycles. The highest BCUT2D eigenvalue weighted by Gasteiger charge is 2.44. The minimum absolute atomic E-state index is 0.275. The van der Waals surface area contributed by atoms with Crippen molar-refractivity contribution in [2.45, 2.75) is 76.6 Å². The van der Waals surface area contributed by atoms with Gasteiger partial charge in [-0.05, 0) is 57.3 Å². The van der Waals surface area contributed by atoms with Crippen LogP contribution in [0.15, 0.2) is 0 Å². The maximum atomic E-state index is 14.0. The van der Waals surface area contributed by atoms with Gasteiger partial charge in [0, 0.05) is 0 Å². The van der Waals surface area contributed by atoms with Crippen LogP contribution in [0.3, 0.4) is 0 Å². The van der Waals surface area contributed by atoms with Crippen molar-refractivity contribution in [1.82, 2.24) is 0 Å². The number of hydrogen-bond donors (Lipinski definition) is 1. The summed E-state index contributed by atoms with van der Waals surface area (Å²) in [5, 5.41) is 9.36. The van der Waals surface area contributed by atoms with Gasteiger partial charge in [0.05, 0.1) is 18.1 Å². The molecule has 106 valence electrons. The Morgan fingerprint density at radius 2 is 1.50 bits per heavy atom. The number of halogens is 2. The number of aliphatic hydroxyl groups is 1. The molecule has 18 heavy (non-hydrogen) atoms. The Hall–Kier alpha value is -0.220. The van der Waals surface area contributed by atoms with Crippen LogP contribution < -0.4 is 0 Å². The molecule has 0 bridgehead atoms. The van der Waals surface area contributed by atoms with Gasteiger partial charge in [-0.25, -0.2) is 0 Å². The van der Waals surface area contributed by atoms with E-state index < -0.39 is 18.1 Å². The zero-order valence-corrected chi connectivity index (χ0v) is 11.1. The van der Waals surface area contributed by atoms with Gasteiger partial charge in [0.2, 0.25) is 0 Å². The SMILES string of the molecule is CC1CCC(OC(F)(F)C2CCC(O)CC2)CC1. The van der Waals surface area contributed by atoms with Crippen LogP contribution in [-0.4, -0.2) is 23.4 Å². The van der Waals surface area contributed by atoms with Crippen LogP contribution in [0.2, 0.25) is 0 Å². The smallest absolute Gasteiger partial charge is 0.358 e. The summed E-state index contributed by atoms with van der Waals surface area (Å²) in [7, 11) is 0. The van der Waals surface area contributed by atoms with E-state index in [-0.39, 0.29) is 6.10 Å². The lowest BCUT2D eigenvalue weighted by atomic mass is 9.86. The molecule has 0 aromatic heterocycles. The predicted octanol–water partition coefficient (Wildman–Crippen LogP) is 3.73. The summed E-state index contributed by atoms with van der Waals surface area (Å²) >= 11 is 0. The van der Waals surface area contributed by atoms with Crippen molar-refractivity contribution in [2.75, 3.05) is 0 Å². The Labute approximate surface area is 108 Å². The summed E-state index contributed by atoms with van der Waals surface area (Å²) in [5.41, 5.74) is 0. The second-order valence-electron chi connectivity index (χ2n) is 6.07. The fourth-order valence-corrected chi connectivity index (χ4v) is 3.08. The quantitative estimate of drug-likeness (QED) is 0.840. The average molecular weight is 262 g/mol. The van der Waals surface area contributed by atoms with Gasteiger partial charge < -0.3 is 9.84 Å². The zero-order chi connectivity index (χ0) is 13.2. The van der Waals surface area contributed by atoms with E-state index in [1.165, 1.54) is 0 Å². The van der Waals surface area contributed by atoms with Crippen molar-refractivity contribution < 1.29 is 18.6 Å². The highest BCUT2D eigenvalue weighted by Crippen LogP contribution is 2.40. The summed E-state index contributed by atoms with van der Waals surface area (Å²) < 4.78 is 33.1. The Balaban J connectivity index is 1.82. The first-order valence-corrected chi connectivity index (χ1v) is 7.21. The Kier molecular flexibility index (Phi) is 4.59. The van der Waals surface area contributed by atoms with Crippen LogP contribution >= 0.6 is 0 Å². The fraction of sp³-hybridized carbons (Fsp3) is 1.00. The molecule has 2 nitrogen and oxygen atoms in total. The van der Waals surface area contributed by atoms with E-state index in [1.54, 1.807) is 0 Å². The van der Waals surface area contributed by atoms with Gasteiger partial charge in [-0.1, -0.05) is 6.92 Å². The number of ether oxygens (including phenoxy) is 1. The lowest BCUT2D eigenvalue weighted by Gasteiger charge is -2.35. The third-order valence-corrected chi connectivity index (χ3v) is 4.46. The summed E-state index contributed by atoms with van der Waals surface area (Å²) in [6.45, 7) is 2.16. The van der Waals surface area contributed by atoms with Crippen molar-refractivity contribution in [3.05, 3.63) is 0 Å². The molecule has 2 aliphatic carbocycles. The normalized spacial score (nSPS) is 38.7. The third-order valence-electron chi connectivity index (χ3n) is 4.46. The molecule has 4 heteroatoms. The number of rotatable bonds is 3. The minimum Gasteiger partial charge on any atom is -0.393 e. The van der Waals surface area contributed by atoms with Crippen LogP contribution in [0, 0.1) is 11.8 Å². The van der Waals surface area contributed by atoms with Gasteiger partial charge in [0.1, 0.15) is 0 Å². The first-order valence-electron chi connectivity index (χ1n) is 7.21. The second kappa shape index (κ2) is 5.83. The van der Waals surface area contributed by atoms with Crippen LogP contribution in [0.4, 0.5) is 8.78 Å². The van der Waals surface area contributed by atoms with E-state index in [0.29, 0.717) is 31.6 Å². The van der Waals surface area contributed by atoms with Crippen molar-refractivity contribution in [2.24, 2.45) is 11.8 Å². The van der Waals surface area contributed by atoms with Gasteiger partial charge in [-0.2, -0.15) is 8.78 Å². The molecular formula is C14H24F2O2. The molecule has 2 fully saturated rings. The largest absolute Gasteiger partial charge is 0.393 e. The maximum absolute atomic E-state index is 14.0. The Morgan fingerprint density at radius 1 is 0.944 bits per heavy atom.